The fourth-order valence-electron chi connectivity index (χ4n) is 3.74. The quantitative estimate of drug-likeness (QED) is 0.422. The first-order chi connectivity index (χ1) is 14.7. The third kappa shape index (κ3) is 3.42. The summed E-state index contributed by atoms with van der Waals surface area (Å²) < 4.78 is 8.03. The normalized spacial score (nSPS) is 12.6. The molecule has 4 aromatic rings. The summed E-state index contributed by atoms with van der Waals surface area (Å²) in [6, 6.07) is 13.4. The molecule has 0 unspecified atom stereocenters. The number of hydrogen-bond donors (Lipinski definition) is 3. The van der Waals surface area contributed by atoms with Gasteiger partial charge in [0.1, 0.15) is 23.3 Å². The topological polar surface area (TPSA) is 84.2 Å². The molecule has 1 aliphatic heterocycles. The standard InChI is InChI=1S/C22H20ClN5O2/c23-16-12-14(27-22-21-18(25-13-26-22)7-9-28(21)10-11-29)4-5-20(16)30-19-3-1-2-17-15(19)6-8-24-17/h1-5,7,9,12-13,24,29H,6,8,10-11H2,(H,25,26,27). The van der Waals surface area contributed by atoms with Crippen molar-refractivity contribution in [1.82, 2.24) is 14.5 Å². The van der Waals surface area contributed by atoms with Crippen LogP contribution in [-0.2, 0) is 13.0 Å². The number of aliphatic hydroxyl groups excluding tert-OH is 1. The summed E-state index contributed by atoms with van der Waals surface area (Å²) in [5.41, 5.74) is 4.70. The van der Waals surface area contributed by atoms with Crippen LogP contribution in [0.3, 0.4) is 0 Å². The van der Waals surface area contributed by atoms with E-state index < -0.39 is 0 Å². The maximum atomic E-state index is 9.31. The number of ether oxygens (including phenoxy) is 1. The summed E-state index contributed by atoms with van der Waals surface area (Å²) in [6.45, 7) is 1.42. The molecule has 0 radical (unpaired) electrons. The second-order valence-corrected chi connectivity index (χ2v) is 7.43. The van der Waals surface area contributed by atoms with E-state index in [0.29, 0.717) is 23.1 Å². The number of rotatable bonds is 6. The molecule has 152 valence electrons. The van der Waals surface area contributed by atoms with Crippen LogP contribution in [0.15, 0.2) is 55.0 Å². The number of hydrogen-bond acceptors (Lipinski definition) is 6. The van der Waals surface area contributed by atoms with Gasteiger partial charge in [-0.3, -0.25) is 0 Å². The van der Waals surface area contributed by atoms with E-state index in [1.54, 1.807) is 0 Å². The third-order valence-electron chi connectivity index (χ3n) is 5.13. The minimum Gasteiger partial charge on any atom is -0.455 e. The van der Waals surface area contributed by atoms with E-state index in [1.807, 2.05) is 47.2 Å². The number of benzene rings is 2. The highest BCUT2D eigenvalue weighted by Gasteiger charge is 2.16. The van der Waals surface area contributed by atoms with E-state index in [9.17, 15) is 5.11 Å². The highest BCUT2D eigenvalue weighted by molar-refractivity contribution is 6.32. The maximum Gasteiger partial charge on any atom is 0.158 e. The van der Waals surface area contributed by atoms with Gasteiger partial charge in [-0.2, -0.15) is 0 Å². The Bertz CT molecular complexity index is 1220. The Morgan fingerprint density at radius 2 is 2.10 bits per heavy atom. The number of anilines is 3. The van der Waals surface area contributed by atoms with Crippen LogP contribution in [0, 0.1) is 0 Å². The molecule has 0 bridgehead atoms. The Morgan fingerprint density at radius 3 is 2.97 bits per heavy atom. The molecule has 0 atom stereocenters. The molecule has 3 heterocycles. The lowest BCUT2D eigenvalue weighted by Crippen LogP contribution is -2.04. The molecule has 0 saturated heterocycles. The molecular weight excluding hydrogens is 402 g/mol. The molecule has 8 heteroatoms. The second kappa shape index (κ2) is 7.85. The van der Waals surface area contributed by atoms with Crippen LogP contribution in [-0.4, -0.2) is 32.8 Å². The van der Waals surface area contributed by atoms with Gasteiger partial charge >= 0.3 is 0 Å². The van der Waals surface area contributed by atoms with Crippen LogP contribution in [0.5, 0.6) is 11.5 Å². The fourth-order valence-corrected chi connectivity index (χ4v) is 3.96. The van der Waals surface area contributed by atoms with Crippen molar-refractivity contribution in [3.63, 3.8) is 0 Å². The van der Waals surface area contributed by atoms with Gasteiger partial charge in [-0.15, -0.1) is 0 Å². The molecule has 0 spiro atoms. The zero-order valence-electron chi connectivity index (χ0n) is 16.1. The minimum absolute atomic E-state index is 0.0364. The lowest BCUT2D eigenvalue weighted by molar-refractivity contribution is 0.278. The largest absolute Gasteiger partial charge is 0.455 e. The number of fused-ring (bicyclic) bond motifs is 2. The van der Waals surface area contributed by atoms with Crippen molar-refractivity contribution in [2.24, 2.45) is 0 Å². The van der Waals surface area contributed by atoms with E-state index in [0.717, 1.165) is 41.1 Å². The van der Waals surface area contributed by atoms with Crippen molar-refractivity contribution < 1.29 is 9.84 Å². The zero-order valence-corrected chi connectivity index (χ0v) is 16.9. The molecule has 5 rings (SSSR count). The average Bonchev–Trinajstić information content (AvgIpc) is 3.39. The summed E-state index contributed by atoms with van der Waals surface area (Å²) in [6.07, 6.45) is 4.33. The first kappa shape index (κ1) is 18.7. The van der Waals surface area contributed by atoms with Crippen molar-refractivity contribution in [3.8, 4) is 11.5 Å². The Kier molecular flexibility index (Phi) is 4.90. The average molecular weight is 422 g/mol. The van der Waals surface area contributed by atoms with Crippen LogP contribution in [0.2, 0.25) is 5.02 Å². The Hall–Kier alpha value is -3.29. The van der Waals surface area contributed by atoms with Gasteiger partial charge in [0.15, 0.2) is 5.82 Å². The Morgan fingerprint density at radius 1 is 1.17 bits per heavy atom. The van der Waals surface area contributed by atoms with Crippen LogP contribution >= 0.6 is 11.6 Å². The molecule has 2 aromatic heterocycles. The molecule has 0 amide bonds. The predicted octanol–water partition coefficient (Wildman–Crippen LogP) is 4.58. The van der Waals surface area contributed by atoms with Gasteiger partial charge in [-0.05, 0) is 42.8 Å². The van der Waals surface area contributed by atoms with Gasteiger partial charge in [-0.25, -0.2) is 9.97 Å². The SMILES string of the molecule is OCCn1ccc2ncnc(Nc3ccc(Oc4cccc5c4CCN5)c(Cl)c3)c21. The van der Waals surface area contributed by atoms with E-state index in [4.69, 9.17) is 16.3 Å². The number of nitrogens with zero attached hydrogens (tertiary/aromatic N) is 3. The summed E-state index contributed by atoms with van der Waals surface area (Å²) in [7, 11) is 0. The van der Waals surface area contributed by atoms with Crippen molar-refractivity contribution in [2.45, 2.75) is 13.0 Å². The smallest absolute Gasteiger partial charge is 0.158 e. The number of halogens is 1. The lowest BCUT2D eigenvalue weighted by Gasteiger charge is -2.13. The maximum absolute atomic E-state index is 9.31. The number of nitrogens with one attached hydrogen (secondary N) is 2. The highest BCUT2D eigenvalue weighted by Crippen LogP contribution is 2.37. The summed E-state index contributed by atoms with van der Waals surface area (Å²) >= 11 is 6.52. The van der Waals surface area contributed by atoms with Crippen LogP contribution < -0.4 is 15.4 Å². The van der Waals surface area contributed by atoms with E-state index in [-0.39, 0.29) is 6.61 Å². The molecule has 0 aliphatic carbocycles. The van der Waals surface area contributed by atoms with E-state index >= 15 is 0 Å². The van der Waals surface area contributed by atoms with Gasteiger partial charge in [-0.1, -0.05) is 17.7 Å². The second-order valence-electron chi connectivity index (χ2n) is 7.02. The molecule has 7 nitrogen and oxygen atoms in total. The van der Waals surface area contributed by atoms with Crippen LogP contribution in [0.1, 0.15) is 5.56 Å². The third-order valence-corrected chi connectivity index (χ3v) is 5.42. The van der Waals surface area contributed by atoms with Gasteiger partial charge in [0.05, 0.1) is 17.1 Å². The molecule has 3 N–H and O–H groups in total. The summed E-state index contributed by atoms with van der Waals surface area (Å²) in [5.74, 6) is 2.06. The Labute approximate surface area is 178 Å². The summed E-state index contributed by atoms with van der Waals surface area (Å²) in [5, 5.41) is 16.5. The zero-order chi connectivity index (χ0) is 20.5. The van der Waals surface area contributed by atoms with Gasteiger partial charge < -0.3 is 25.0 Å². The Balaban J connectivity index is 1.42. The molecule has 2 aromatic carbocycles. The molecule has 30 heavy (non-hydrogen) atoms. The van der Waals surface area contributed by atoms with Crippen molar-refractivity contribution >= 4 is 39.8 Å². The molecule has 0 saturated carbocycles. The first-order valence-electron chi connectivity index (χ1n) is 9.74. The molecular formula is C22H20ClN5O2. The minimum atomic E-state index is 0.0364. The molecule has 1 aliphatic rings. The van der Waals surface area contributed by atoms with Gasteiger partial charge in [0, 0.05) is 36.2 Å². The van der Waals surface area contributed by atoms with Crippen molar-refractivity contribution in [2.75, 3.05) is 23.8 Å². The summed E-state index contributed by atoms with van der Waals surface area (Å²) in [4.78, 5) is 8.66. The van der Waals surface area contributed by atoms with Crippen LogP contribution in [0.25, 0.3) is 11.0 Å². The fraction of sp³-hybridized carbons (Fsp3) is 0.182. The number of aromatic nitrogens is 3. The molecule has 0 fully saturated rings. The van der Waals surface area contributed by atoms with E-state index in [1.165, 1.54) is 11.9 Å². The van der Waals surface area contributed by atoms with Gasteiger partial charge in [0.2, 0.25) is 0 Å². The first-order valence-corrected chi connectivity index (χ1v) is 10.1. The van der Waals surface area contributed by atoms with Crippen molar-refractivity contribution in [1.29, 1.82) is 0 Å². The van der Waals surface area contributed by atoms with Crippen LogP contribution in [0.4, 0.5) is 17.2 Å². The van der Waals surface area contributed by atoms with Crippen molar-refractivity contribution in [3.05, 3.63) is 65.6 Å². The lowest BCUT2D eigenvalue weighted by atomic mass is 10.1. The highest BCUT2D eigenvalue weighted by atomic mass is 35.5. The number of aliphatic hydroxyl groups is 1. The van der Waals surface area contributed by atoms with E-state index in [2.05, 4.69) is 26.7 Å². The van der Waals surface area contributed by atoms with Gasteiger partial charge in [0.25, 0.3) is 0 Å². The predicted molar refractivity (Wildman–Crippen MR) is 118 cm³/mol. The monoisotopic (exact) mass is 421 g/mol.